The van der Waals surface area contributed by atoms with Crippen LogP contribution < -0.4 is 11.7 Å². The van der Waals surface area contributed by atoms with Crippen molar-refractivity contribution in [2.75, 3.05) is 11.7 Å². The molecule has 35 heavy (non-hydrogen) atoms. The quantitative estimate of drug-likeness (QED) is 0.110. The van der Waals surface area contributed by atoms with Gasteiger partial charge in [-0.2, -0.15) is 10.2 Å². The second kappa shape index (κ2) is 14.1. The number of H-pyrrole nitrogens is 2. The molecule has 13 heteroatoms. The first-order valence-corrected chi connectivity index (χ1v) is 13.7. The van der Waals surface area contributed by atoms with Crippen molar-refractivity contribution in [3.63, 3.8) is 0 Å². The minimum absolute atomic E-state index is 0.277. The largest absolute Gasteiger partial charge is 0.335 e. The summed E-state index contributed by atoms with van der Waals surface area (Å²) in [5.41, 5.74) is 1.03. The number of aryl methyl sites for hydroxylation is 1. The van der Waals surface area contributed by atoms with Crippen molar-refractivity contribution >= 4 is 24.4 Å². The van der Waals surface area contributed by atoms with Gasteiger partial charge in [-0.15, -0.1) is 5.10 Å². The highest BCUT2D eigenvalue weighted by molar-refractivity contribution is 7.71. The molecule has 0 saturated heterocycles. The number of rotatable bonds is 17. The van der Waals surface area contributed by atoms with Gasteiger partial charge in [-0.25, -0.2) is 24.2 Å². The van der Waals surface area contributed by atoms with Gasteiger partial charge in [0.15, 0.2) is 5.69 Å². The van der Waals surface area contributed by atoms with Crippen LogP contribution in [0.5, 0.6) is 0 Å². The molecule has 0 spiro atoms. The molecule has 0 unspecified atom stereocenters. The Kier molecular flexibility index (Phi) is 10.9. The lowest BCUT2D eigenvalue weighted by molar-refractivity contribution is 0.505. The molecule has 0 saturated carbocycles. The fourth-order valence-electron chi connectivity index (χ4n) is 4.24. The first-order valence-electron chi connectivity index (χ1n) is 12.8. The second-order valence-corrected chi connectivity index (χ2v) is 9.82. The number of nitrogens with zero attached hydrogens (tertiary/aromatic N) is 7. The zero-order valence-electron chi connectivity index (χ0n) is 20.7. The monoisotopic (exact) mass is 521 g/mol. The van der Waals surface area contributed by atoms with Crippen LogP contribution >= 0.6 is 24.4 Å². The first-order chi connectivity index (χ1) is 17.0. The predicted octanol–water partition coefficient (Wildman–Crippen LogP) is 5.03. The number of nitrogens with two attached hydrogens (primary N) is 2. The normalized spacial score (nSPS) is 11.5. The van der Waals surface area contributed by atoms with E-state index in [-0.39, 0.29) is 4.77 Å². The van der Waals surface area contributed by atoms with Gasteiger partial charge in [0, 0.05) is 6.54 Å². The molecule has 0 atom stereocenters. The number of aromatic amines is 2. The van der Waals surface area contributed by atoms with E-state index in [9.17, 15) is 0 Å². The summed E-state index contributed by atoms with van der Waals surface area (Å²) in [6.07, 6.45) is 18.3. The number of aromatic nitrogens is 9. The Bertz CT molecular complexity index is 1140. The van der Waals surface area contributed by atoms with Crippen LogP contribution in [0.25, 0.3) is 23.0 Å². The van der Waals surface area contributed by atoms with Crippen LogP contribution in [0, 0.1) is 9.54 Å². The van der Waals surface area contributed by atoms with Gasteiger partial charge < -0.3 is 11.7 Å². The summed E-state index contributed by atoms with van der Waals surface area (Å²) in [5, 5.41) is 22.4. The molecule has 0 aromatic carbocycles. The van der Waals surface area contributed by atoms with E-state index in [1.54, 1.807) is 4.68 Å². The van der Waals surface area contributed by atoms with Gasteiger partial charge in [0.05, 0.1) is 0 Å². The number of unbranched alkanes of at least 4 members (excludes halogenated alkanes) is 13. The van der Waals surface area contributed by atoms with E-state index in [4.69, 9.17) is 36.1 Å². The molecule has 0 radical (unpaired) electrons. The van der Waals surface area contributed by atoms with Gasteiger partial charge in [0.25, 0.3) is 0 Å². The maximum atomic E-state index is 6.10. The average Bonchev–Trinajstić information content (AvgIpc) is 3.51. The van der Waals surface area contributed by atoms with Crippen LogP contribution in [0.4, 0.5) is 0 Å². The molecule has 3 aromatic heterocycles. The standard InChI is InChI=1S/C22H39N11S2/c1-2-3-4-5-6-7-8-9-10-11-12-13-14-15-16-31-18(20-27-29-22(35)33(20)24)17(25-30-31)19-26-28-21(34)32(19)23/h2-16,23-24H2,1H3,(H,28,34)(H,29,35). The molecule has 0 bridgehead atoms. The fraction of sp³-hybridized carbons (Fsp3) is 0.727. The molecule has 3 heterocycles. The highest BCUT2D eigenvalue weighted by Crippen LogP contribution is 2.27. The highest BCUT2D eigenvalue weighted by atomic mass is 32.1. The third-order valence-corrected chi connectivity index (χ3v) is 6.87. The van der Waals surface area contributed by atoms with Gasteiger partial charge in [-0.05, 0) is 30.9 Å². The molecule has 194 valence electrons. The Hall–Kier alpha value is -2.54. The number of hydrogen-bond acceptors (Lipinski definition) is 8. The molecule has 0 aliphatic carbocycles. The average molecular weight is 522 g/mol. The Morgan fingerprint density at radius 2 is 1.14 bits per heavy atom. The Morgan fingerprint density at radius 1 is 0.686 bits per heavy atom. The Balaban J connectivity index is 1.45. The Labute approximate surface area is 216 Å². The lowest BCUT2D eigenvalue weighted by Gasteiger charge is -2.07. The topological polar surface area (TPSA) is 150 Å². The van der Waals surface area contributed by atoms with Crippen molar-refractivity contribution < 1.29 is 0 Å². The maximum absolute atomic E-state index is 6.10. The number of hydrogen-bond donors (Lipinski definition) is 4. The summed E-state index contributed by atoms with van der Waals surface area (Å²) >= 11 is 10.3. The summed E-state index contributed by atoms with van der Waals surface area (Å²) in [4.78, 5) is 0. The van der Waals surface area contributed by atoms with Crippen LogP contribution in [0.1, 0.15) is 96.8 Å². The van der Waals surface area contributed by atoms with E-state index >= 15 is 0 Å². The summed E-state index contributed by atoms with van der Waals surface area (Å²) in [6.45, 7) is 2.95. The van der Waals surface area contributed by atoms with Gasteiger partial charge in [0.2, 0.25) is 21.2 Å². The molecule has 0 fully saturated rings. The maximum Gasteiger partial charge on any atom is 0.214 e. The van der Waals surface area contributed by atoms with Gasteiger partial charge in [-0.3, -0.25) is 0 Å². The third-order valence-electron chi connectivity index (χ3n) is 6.29. The summed E-state index contributed by atoms with van der Waals surface area (Å²) in [6, 6.07) is 0. The lowest BCUT2D eigenvalue weighted by Crippen LogP contribution is -2.14. The van der Waals surface area contributed by atoms with E-state index in [1.807, 2.05) is 0 Å². The molecule has 11 nitrogen and oxygen atoms in total. The van der Waals surface area contributed by atoms with E-state index in [0.29, 0.717) is 34.4 Å². The Morgan fingerprint density at radius 3 is 1.60 bits per heavy atom. The molecule has 0 aliphatic heterocycles. The first kappa shape index (κ1) is 27.1. The minimum Gasteiger partial charge on any atom is -0.335 e. The van der Waals surface area contributed by atoms with Gasteiger partial charge in [0.1, 0.15) is 5.69 Å². The van der Waals surface area contributed by atoms with Gasteiger partial charge in [-0.1, -0.05) is 95.6 Å². The van der Waals surface area contributed by atoms with E-state index < -0.39 is 0 Å². The summed E-state index contributed by atoms with van der Waals surface area (Å²) < 4.78 is 4.89. The zero-order valence-corrected chi connectivity index (χ0v) is 22.3. The molecule has 3 aromatic rings. The van der Waals surface area contributed by atoms with E-state index in [2.05, 4.69) is 37.6 Å². The predicted molar refractivity (Wildman–Crippen MR) is 143 cm³/mol. The van der Waals surface area contributed by atoms with Crippen LogP contribution in [-0.2, 0) is 6.54 Å². The number of nitrogen functional groups attached to an aromatic ring is 2. The summed E-state index contributed by atoms with van der Waals surface area (Å²) in [5.74, 6) is 12.9. The SMILES string of the molecule is CCCCCCCCCCCCCCCCn1nnc(-c2n[nH]c(=S)n2N)c1-c1n[nH]c(=S)n1N. The van der Waals surface area contributed by atoms with Crippen molar-refractivity contribution in [3.8, 4) is 23.0 Å². The van der Waals surface area contributed by atoms with Crippen LogP contribution in [0.15, 0.2) is 0 Å². The second-order valence-electron chi connectivity index (χ2n) is 9.05. The lowest BCUT2D eigenvalue weighted by atomic mass is 10.0. The number of nitrogens with one attached hydrogen (secondary N) is 2. The molecule has 3 rings (SSSR count). The van der Waals surface area contributed by atoms with Crippen molar-refractivity contribution in [2.45, 2.75) is 103 Å². The minimum atomic E-state index is 0.277. The molecular weight excluding hydrogens is 482 g/mol. The third kappa shape index (κ3) is 7.47. The zero-order chi connectivity index (χ0) is 25.0. The summed E-state index contributed by atoms with van der Waals surface area (Å²) in [7, 11) is 0. The van der Waals surface area contributed by atoms with Crippen molar-refractivity contribution in [1.82, 2.24) is 44.7 Å². The molecule has 6 N–H and O–H groups in total. The molecule has 0 amide bonds. The van der Waals surface area contributed by atoms with Crippen molar-refractivity contribution in [3.05, 3.63) is 9.54 Å². The molecular formula is C22H39N11S2. The molecule has 0 aliphatic rings. The van der Waals surface area contributed by atoms with E-state index in [1.165, 1.54) is 86.4 Å². The van der Waals surface area contributed by atoms with Crippen molar-refractivity contribution in [2.24, 2.45) is 0 Å². The fourth-order valence-corrected chi connectivity index (χ4v) is 4.51. The smallest absolute Gasteiger partial charge is 0.214 e. The van der Waals surface area contributed by atoms with Crippen LogP contribution in [0.2, 0.25) is 0 Å². The highest BCUT2D eigenvalue weighted by Gasteiger charge is 2.24. The van der Waals surface area contributed by atoms with Crippen molar-refractivity contribution in [1.29, 1.82) is 0 Å². The van der Waals surface area contributed by atoms with E-state index in [0.717, 1.165) is 12.8 Å². The van der Waals surface area contributed by atoms with Crippen LogP contribution in [0.3, 0.4) is 0 Å². The van der Waals surface area contributed by atoms with Crippen LogP contribution in [-0.4, -0.2) is 44.7 Å². The van der Waals surface area contributed by atoms with Gasteiger partial charge >= 0.3 is 0 Å².